The average Bonchev–Trinajstić information content (AvgIpc) is 2.52. The Balaban J connectivity index is 2.15. The Morgan fingerprint density at radius 1 is 1.19 bits per heavy atom. The highest BCUT2D eigenvalue weighted by Crippen LogP contribution is 2.29. The molecule has 0 aliphatic heterocycles. The third-order valence-electron chi connectivity index (χ3n) is 2.82. The van der Waals surface area contributed by atoms with Crippen molar-refractivity contribution in [2.75, 3.05) is 13.7 Å². The Hall–Kier alpha value is -1.60. The molecule has 0 aromatic heterocycles. The predicted molar refractivity (Wildman–Crippen MR) is 89.9 cm³/mol. The van der Waals surface area contributed by atoms with Crippen LogP contribution in [0.15, 0.2) is 47.4 Å². The van der Waals surface area contributed by atoms with Crippen LogP contribution in [0.4, 0.5) is 0 Å². The van der Waals surface area contributed by atoms with E-state index < -0.39 is 0 Å². The summed E-state index contributed by atoms with van der Waals surface area (Å²) in [5, 5.41) is 0.746. The second kappa shape index (κ2) is 7.99. The first-order valence-corrected chi connectivity index (χ1v) is 7.83. The van der Waals surface area contributed by atoms with Crippen LogP contribution in [-0.4, -0.2) is 13.7 Å². The average molecular weight is 318 g/mol. The molecule has 108 valence electrons. The molecule has 2 N–H and O–H groups in total. The molecular formula is C17H16ClNOS. The molecule has 0 aliphatic carbocycles. The van der Waals surface area contributed by atoms with Crippen molar-refractivity contribution in [3.05, 3.63) is 58.6 Å². The summed E-state index contributed by atoms with van der Waals surface area (Å²) in [7, 11) is 1.68. The summed E-state index contributed by atoms with van der Waals surface area (Å²) in [6.45, 7) is 0.362. The van der Waals surface area contributed by atoms with Gasteiger partial charge >= 0.3 is 0 Å². The lowest BCUT2D eigenvalue weighted by molar-refractivity contribution is 0.411. The molecule has 2 nitrogen and oxygen atoms in total. The quantitative estimate of drug-likeness (QED) is 0.685. The number of hydrogen-bond donors (Lipinski definition) is 1. The van der Waals surface area contributed by atoms with Gasteiger partial charge in [0.05, 0.1) is 13.7 Å². The van der Waals surface area contributed by atoms with E-state index in [0.29, 0.717) is 6.54 Å². The summed E-state index contributed by atoms with van der Waals surface area (Å²) >= 11 is 7.62. The van der Waals surface area contributed by atoms with E-state index in [2.05, 4.69) is 11.8 Å². The van der Waals surface area contributed by atoms with E-state index in [0.717, 1.165) is 27.7 Å². The van der Waals surface area contributed by atoms with Crippen LogP contribution < -0.4 is 10.5 Å². The predicted octanol–water partition coefficient (Wildman–Crippen LogP) is 3.95. The van der Waals surface area contributed by atoms with Crippen molar-refractivity contribution in [3.63, 3.8) is 0 Å². The maximum absolute atomic E-state index is 5.89. The van der Waals surface area contributed by atoms with Crippen LogP contribution in [0.25, 0.3) is 0 Å². The highest BCUT2D eigenvalue weighted by molar-refractivity contribution is 7.98. The minimum Gasteiger partial charge on any atom is -0.496 e. The third-order valence-corrected chi connectivity index (χ3v) is 4.14. The Kier molecular flexibility index (Phi) is 6.01. The van der Waals surface area contributed by atoms with Crippen molar-refractivity contribution < 1.29 is 4.74 Å². The summed E-state index contributed by atoms with van der Waals surface area (Å²) in [5.41, 5.74) is 7.47. The molecule has 0 radical (unpaired) electrons. The molecule has 2 aromatic rings. The van der Waals surface area contributed by atoms with Gasteiger partial charge in [0.1, 0.15) is 5.75 Å². The largest absolute Gasteiger partial charge is 0.496 e. The molecule has 0 unspecified atom stereocenters. The Labute approximate surface area is 134 Å². The highest BCUT2D eigenvalue weighted by atomic mass is 35.5. The number of benzene rings is 2. The van der Waals surface area contributed by atoms with Crippen molar-refractivity contribution in [1.29, 1.82) is 0 Å². The first-order chi connectivity index (χ1) is 10.2. The summed E-state index contributed by atoms with van der Waals surface area (Å²) < 4.78 is 5.41. The summed E-state index contributed by atoms with van der Waals surface area (Å²) in [6, 6.07) is 13.7. The molecule has 0 amide bonds. The second-order valence-corrected chi connectivity index (χ2v) is 5.76. The smallest absolute Gasteiger partial charge is 0.122 e. The van der Waals surface area contributed by atoms with Gasteiger partial charge in [-0.1, -0.05) is 23.4 Å². The maximum atomic E-state index is 5.89. The van der Waals surface area contributed by atoms with Gasteiger partial charge in [0.2, 0.25) is 0 Å². The first kappa shape index (κ1) is 15.8. The van der Waals surface area contributed by atoms with E-state index in [1.165, 1.54) is 4.90 Å². The maximum Gasteiger partial charge on any atom is 0.122 e. The lowest BCUT2D eigenvalue weighted by atomic mass is 10.1. The molecule has 2 rings (SSSR count). The van der Waals surface area contributed by atoms with Crippen molar-refractivity contribution in [1.82, 2.24) is 0 Å². The number of nitrogens with two attached hydrogens (primary N) is 1. The van der Waals surface area contributed by atoms with Gasteiger partial charge in [-0.15, -0.1) is 11.8 Å². The van der Waals surface area contributed by atoms with E-state index in [1.54, 1.807) is 18.9 Å². The van der Waals surface area contributed by atoms with Crippen LogP contribution in [-0.2, 0) is 5.75 Å². The van der Waals surface area contributed by atoms with Gasteiger partial charge in [0.15, 0.2) is 0 Å². The zero-order valence-corrected chi connectivity index (χ0v) is 13.3. The van der Waals surface area contributed by atoms with Gasteiger partial charge in [-0.25, -0.2) is 0 Å². The van der Waals surface area contributed by atoms with E-state index in [1.807, 2.05) is 42.5 Å². The van der Waals surface area contributed by atoms with Crippen LogP contribution >= 0.6 is 23.4 Å². The van der Waals surface area contributed by atoms with Crippen molar-refractivity contribution in [2.24, 2.45) is 5.73 Å². The molecule has 0 bridgehead atoms. The fourth-order valence-electron chi connectivity index (χ4n) is 1.81. The number of thioether (sulfide) groups is 1. The van der Waals surface area contributed by atoms with E-state index in [9.17, 15) is 0 Å². The van der Waals surface area contributed by atoms with Gasteiger partial charge in [-0.3, -0.25) is 0 Å². The lowest BCUT2D eigenvalue weighted by Gasteiger charge is -2.09. The molecular weight excluding hydrogens is 302 g/mol. The van der Waals surface area contributed by atoms with E-state index in [-0.39, 0.29) is 0 Å². The SMILES string of the molecule is COc1ccc(C#CCN)cc1CSc1ccc(Cl)cc1. The third kappa shape index (κ3) is 4.71. The number of methoxy groups -OCH3 is 1. The Bertz CT molecular complexity index is 659. The molecule has 4 heteroatoms. The highest BCUT2D eigenvalue weighted by Gasteiger charge is 2.05. The minimum atomic E-state index is 0.362. The molecule has 21 heavy (non-hydrogen) atoms. The Morgan fingerprint density at radius 3 is 2.62 bits per heavy atom. The number of ether oxygens (including phenoxy) is 1. The van der Waals surface area contributed by atoms with Crippen LogP contribution in [0.1, 0.15) is 11.1 Å². The van der Waals surface area contributed by atoms with Crippen molar-refractivity contribution in [3.8, 4) is 17.6 Å². The van der Waals surface area contributed by atoms with Gasteiger partial charge < -0.3 is 10.5 Å². The summed E-state index contributed by atoms with van der Waals surface area (Å²) in [5.74, 6) is 7.59. The van der Waals surface area contributed by atoms with Crippen molar-refractivity contribution in [2.45, 2.75) is 10.6 Å². The van der Waals surface area contributed by atoms with Gasteiger partial charge in [-0.05, 0) is 42.5 Å². The fourth-order valence-corrected chi connectivity index (χ4v) is 2.82. The monoisotopic (exact) mass is 317 g/mol. The summed E-state index contributed by atoms with van der Waals surface area (Å²) in [4.78, 5) is 1.17. The molecule has 0 spiro atoms. The number of rotatable bonds is 4. The Morgan fingerprint density at radius 2 is 1.95 bits per heavy atom. The zero-order chi connectivity index (χ0) is 15.1. The summed E-state index contributed by atoms with van der Waals surface area (Å²) in [6.07, 6.45) is 0. The fraction of sp³-hybridized carbons (Fsp3) is 0.176. The van der Waals surface area contributed by atoms with Gasteiger partial charge in [0.25, 0.3) is 0 Å². The first-order valence-electron chi connectivity index (χ1n) is 6.47. The zero-order valence-electron chi connectivity index (χ0n) is 11.7. The van der Waals surface area contributed by atoms with Crippen LogP contribution in [0, 0.1) is 11.8 Å². The van der Waals surface area contributed by atoms with Crippen LogP contribution in [0.5, 0.6) is 5.75 Å². The molecule has 0 atom stereocenters. The molecule has 2 aromatic carbocycles. The van der Waals surface area contributed by atoms with Gasteiger partial charge in [-0.2, -0.15) is 0 Å². The van der Waals surface area contributed by atoms with Crippen LogP contribution in [0.3, 0.4) is 0 Å². The second-order valence-electron chi connectivity index (χ2n) is 4.28. The minimum absolute atomic E-state index is 0.362. The van der Waals surface area contributed by atoms with Gasteiger partial charge in [0, 0.05) is 26.8 Å². The molecule has 0 fully saturated rings. The lowest BCUT2D eigenvalue weighted by Crippen LogP contribution is -1.94. The topological polar surface area (TPSA) is 35.2 Å². The molecule has 0 saturated carbocycles. The molecule has 0 saturated heterocycles. The van der Waals surface area contributed by atoms with E-state index in [4.69, 9.17) is 22.1 Å². The standard InChI is InChI=1S/C17H16ClNOS/c1-20-17-9-4-13(3-2-10-19)11-14(17)12-21-16-7-5-15(18)6-8-16/h4-9,11H,10,12,19H2,1H3. The number of hydrogen-bond acceptors (Lipinski definition) is 3. The van der Waals surface area contributed by atoms with Crippen LogP contribution in [0.2, 0.25) is 5.02 Å². The van der Waals surface area contributed by atoms with E-state index >= 15 is 0 Å². The number of halogens is 1. The normalized spacial score (nSPS) is 9.86. The van der Waals surface area contributed by atoms with Crippen molar-refractivity contribution >= 4 is 23.4 Å². The molecule has 0 aliphatic rings. The molecule has 0 heterocycles.